The predicted molar refractivity (Wildman–Crippen MR) is 73.1 cm³/mol. The Morgan fingerprint density at radius 2 is 2.25 bits per heavy atom. The molecule has 0 bridgehead atoms. The van der Waals surface area contributed by atoms with E-state index in [0.717, 1.165) is 16.7 Å². The summed E-state index contributed by atoms with van der Waals surface area (Å²) >= 11 is 0. The number of nitrogens with two attached hydrogens (primary N) is 1. The van der Waals surface area contributed by atoms with Crippen LogP contribution in [-0.4, -0.2) is 15.7 Å². The zero-order valence-corrected chi connectivity index (χ0v) is 10.8. The van der Waals surface area contributed by atoms with E-state index in [0.29, 0.717) is 24.4 Å². The lowest BCUT2D eigenvalue weighted by atomic mass is 10.1. The highest BCUT2D eigenvalue weighted by atomic mass is 19.1. The van der Waals surface area contributed by atoms with E-state index in [4.69, 9.17) is 10.2 Å². The van der Waals surface area contributed by atoms with Gasteiger partial charge in [0.15, 0.2) is 0 Å². The molecule has 2 atom stereocenters. The van der Waals surface area contributed by atoms with Crippen LogP contribution in [0.4, 0.5) is 4.39 Å². The van der Waals surface area contributed by atoms with Crippen molar-refractivity contribution in [3.05, 3.63) is 53.8 Å². The number of fused-ring (bicyclic) bond motifs is 2. The van der Waals surface area contributed by atoms with Crippen LogP contribution >= 0.6 is 0 Å². The van der Waals surface area contributed by atoms with E-state index >= 15 is 0 Å². The van der Waals surface area contributed by atoms with Crippen LogP contribution in [0.5, 0.6) is 0 Å². The fourth-order valence-electron chi connectivity index (χ4n) is 2.84. The van der Waals surface area contributed by atoms with Crippen LogP contribution in [0.15, 0.2) is 41.1 Å². The Labute approximate surface area is 115 Å². The number of nitrogens with zero attached hydrogens (tertiary/aromatic N) is 2. The predicted octanol–water partition coefficient (Wildman–Crippen LogP) is 2.57. The number of benzene rings is 1. The molecule has 1 aliphatic heterocycles. The number of imidazole rings is 1. The molecule has 0 saturated carbocycles. The van der Waals surface area contributed by atoms with E-state index in [-0.39, 0.29) is 0 Å². The highest BCUT2D eigenvalue weighted by Crippen LogP contribution is 2.30. The van der Waals surface area contributed by atoms with E-state index < -0.39 is 12.2 Å². The summed E-state index contributed by atoms with van der Waals surface area (Å²) in [4.78, 5) is 4.33. The molecule has 102 valence electrons. The second kappa shape index (κ2) is 4.18. The number of hydrogen-bond donors (Lipinski definition) is 1. The quantitative estimate of drug-likeness (QED) is 0.779. The molecule has 4 rings (SSSR count). The molecular formula is C15H14FN3O. The van der Waals surface area contributed by atoms with Crippen LogP contribution in [0.3, 0.4) is 0 Å². The van der Waals surface area contributed by atoms with Crippen molar-refractivity contribution >= 4 is 11.0 Å². The standard InChI is InChI=1S/C15H14FN3O/c16-10-6-11-15(18-8-19(11)7-10)14(17)13-5-9-3-1-2-4-12(9)20-13/h1-5,8,10,14H,6-7,17H2/t10-,14?/m1/s1. The third-order valence-corrected chi connectivity index (χ3v) is 3.83. The SMILES string of the molecule is NC(c1cc2ccccc2o1)c1ncn2c1C[C@@H](F)C2. The maximum atomic E-state index is 13.4. The molecule has 0 aliphatic carbocycles. The third kappa shape index (κ3) is 1.67. The third-order valence-electron chi connectivity index (χ3n) is 3.83. The first-order chi connectivity index (χ1) is 9.72. The monoisotopic (exact) mass is 271 g/mol. The van der Waals surface area contributed by atoms with Gasteiger partial charge in [-0.2, -0.15) is 0 Å². The van der Waals surface area contributed by atoms with Crippen molar-refractivity contribution in [3.63, 3.8) is 0 Å². The van der Waals surface area contributed by atoms with Crippen LogP contribution < -0.4 is 5.73 Å². The van der Waals surface area contributed by atoms with Gasteiger partial charge in [-0.1, -0.05) is 18.2 Å². The summed E-state index contributed by atoms with van der Waals surface area (Å²) < 4.78 is 21.1. The van der Waals surface area contributed by atoms with Gasteiger partial charge < -0.3 is 14.7 Å². The number of furan rings is 1. The summed E-state index contributed by atoms with van der Waals surface area (Å²) in [6, 6.07) is 9.22. The number of rotatable bonds is 2. The molecule has 2 N–H and O–H groups in total. The molecule has 1 aliphatic rings. The van der Waals surface area contributed by atoms with Gasteiger partial charge in [-0.05, 0) is 12.1 Å². The Kier molecular flexibility index (Phi) is 2.44. The number of aromatic nitrogens is 2. The largest absolute Gasteiger partial charge is 0.459 e. The fourth-order valence-corrected chi connectivity index (χ4v) is 2.84. The highest BCUT2D eigenvalue weighted by molar-refractivity contribution is 5.77. The number of halogens is 1. The lowest BCUT2D eigenvalue weighted by molar-refractivity contribution is 0.328. The fraction of sp³-hybridized carbons (Fsp3) is 0.267. The molecular weight excluding hydrogens is 257 g/mol. The summed E-state index contributed by atoms with van der Waals surface area (Å²) in [7, 11) is 0. The molecule has 3 aromatic rings. The highest BCUT2D eigenvalue weighted by Gasteiger charge is 2.28. The van der Waals surface area contributed by atoms with E-state index in [9.17, 15) is 4.39 Å². The Bertz CT molecular complexity index is 743. The van der Waals surface area contributed by atoms with Gasteiger partial charge >= 0.3 is 0 Å². The molecule has 0 spiro atoms. The number of hydrogen-bond acceptors (Lipinski definition) is 3. The Balaban J connectivity index is 1.75. The van der Waals surface area contributed by atoms with Gasteiger partial charge in [0.25, 0.3) is 0 Å². The molecule has 5 heteroatoms. The summed E-state index contributed by atoms with van der Waals surface area (Å²) in [5.74, 6) is 0.662. The minimum atomic E-state index is -0.838. The molecule has 0 saturated heterocycles. The first-order valence-corrected chi connectivity index (χ1v) is 6.64. The maximum Gasteiger partial charge on any atom is 0.134 e. The van der Waals surface area contributed by atoms with Crippen molar-refractivity contribution in [1.82, 2.24) is 9.55 Å². The first-order valence-electron chi connectivity index (χ1n) is 6.64. The van der Waals surface area contributed by atoms with Crippen molar-refractivity contribution in [3.8, 4) is 0 Å². The second-order valence-corrected chi connectivity index (χ2v) is 5.19. The van der Waals surface area contributed by atoms with Gasteiger partial charge in [-0.25, -0.2) is 9.37 Å². The smallest absolute Gasteiger partial charge is 0.134 e. The number of para-hydroxylation sites is 1. The topological polar surface area (TPSA) is 57.0 Å². The summed E-state index contributed by atoms with van der Waals surface area (Å²) in [5.41, 5.74) is 8.65. The summed E-state index contributed by atoms with van der Waals surface area (Å²) in [6.07, 6.45) is 1.20. The molecule has 0 radical (unpaired) electrons. The summed E-state index contributed by atoms with van der Waals surface area (Å²) in [5, 5.41) is 1.01. The molecule has 20 heavy (non-hydrogen) atoms. The van der Waals surface area contributed by atoms with E-state index in [1.165, 1.54) is 0 Å². The van der Waals surface area contributed by atoms with E-state index in [1.807, 2.05) is 34.9 Å². The maximum absolute atomic E-state index is 13.4. The van der Waals surface area contributed by atoms with Crippen molar-refractivity contribution in [2.24, 2.45) is 5.73 Å². The molecule has 0 amide bonds. The molecule has 1 unspecified atom stereocenters. The van der Waals surface area contributed by atoms with Crippen molar-refractivity contribution in [2.75, 3.05) is 0 Å². The molecule has 1 aromatic carbocycles. The zero-order chi connectivity index (χ0) is 13.7. The second-order valence-electron chi connectivity index (χ2n) is 5.19. The van der Waals surface area contributed by atoms with E-state index in [2.05, 4.69) is 4.98 Å². The van der Waals surface area contributed by atoms with Crippen molar-refractivity contribution < 1.29 is 8.81 Å². The van der Waals surface area contributed by atoms with Gasteiger partial charge in [0.2, 0.25) is 0 Å². The Morgan fingerprint density at radius 1 is 1.40 bits per heavy atom. The summed E-state index contributed by atoms with van der Waals surface area (Å²) in [6.45, 7) is 0.370. The zero-order valence-electron chi connectivity index (χ0n) is 10.8. The van der Waals surface area contributed by atoms with Crippen LogP contribution in [0.1, 0.15) is 23.2 Å². The molecule has 2 aromatic heterocycles. The Hall–Kier alpha value is -2.14. The average Bonchev–Trinajstić information content (AvgIpc) is 3.10. The lowest BCUT2D eigenvalue weighted by Crippen LogP contribution is -2.14. The molecule has 0 fully saturated rings. The Morgan fingerprint density at radius 3 is 3.10 bits per heavy atom. The average molecular weight is 271 g/mol. The number of alkyl halides is 1. The minimum Gasteiger partial charge on any atom is -0.459 e. The molecule has 4 nitrogen and oxygen atoms in total. The van der Waals surface area contributed by atoms with Gasteiger partial charge in [-0.15, -0.1) is 0 Å². The van der Waals surface area contributed by atoms with Crippen LogP contribution in [0, 0.1) is 0 Å². The van der Waals surface area contributed by atoms with Crippen molar-refractivity contribution in [1.29, 1.82) is 0 Å². The minimum absolute atomic E-state index is 0.370. The van der Waals surface area contributed by atoms with Crippen LogP contribution in [0.2, 0.25) is 0 Å². The van der Waals surface area contributed by atoms with E-state index in [1.54, 1.807) is 6.33 Å². The van der Waals surface area contributed by atoms with Gasteiger partial charge in [0.05, 0.1) is 18.6 Å². The normalized spacial score (nSPS) is 19.4. The van der Waals surface area contributed by atoms with Gasteiger partial charge in [0, 0.05) is 17.5 Å². The molecule has 3 heterocycles. The first kappa shape index (κ1) is 11.7. The van der Waals surface area contributed by atoms with Gasteiger partial charge in [-0.3, -0.25) is 0 Å². The van der Waals surface area contributed by atoms with Crippen LogP contribution in [-0.2, 0) is 13.0 Å². The van der Waals surface area contributed by atoms with Gasteiger partial charge in [0.1, 0.15) is 23.6 Å². The van der Waals surface area contributed by atoms with Crippen molar-refractivity contribution in [2.45, 2.75) is 25.2 Å². The van der Waals surface area contributed by atoms with Crippen LogP contribution in [0.25, 0.3) is 11.0 Å². The lowest BCUT2D eigenvalue weighted by Gasteiger charge is -2.07.